The van der Waals surface area contributed by atoms with Crippen molar-refractivity contribution in [1.82, 2.24) is 4.90 Å². The van der Waals surface area contributed by atoms with E-state index < -0.39 is 10.0 Å². The van der Waals surface area contributed by atoms with Crippen LogP contribution < -0.4 is 4.72 Å². The molecule has 1 aliphatic rings. The molecule has 0 aliphatic carbocycles. The van der Waals surface area contributed by atoms with Gasteiger partial charge in [0.05, 0.1) is 19.0 Å². The SMILES string of the molecule is C[C@@H]1CN(C(=O)c2ccc(NS(C)(=O)=O)cc2)CCO1. The number of nitrogens with zero attached hydrogens (tertiary/aromatic N) is 1. The van der Waals surface area contributed by atoms with E-state index in [1.165, 1.54) is 0 Å². The average Bonchev–Trinajstić information content (AvgIpc) is 2.37. The number of ether oxygens (including phenoxy) is 1. The predicted molar refractivity (Wildman–Crippen MR) is 76.2 cm³/mol. The van der Waals surface area contributed by atoms with E-state index in [9.17, 15) is 13.2 Å². The minimum atomic E-state index is -3.30. The van der Waals surface area contributed by atoms with Gasteiger partial charge in [0.25, 0.3) is 5.91 Å². The normalized spacial score (nSPS) is 19.7. The van der Waals surface area contributed by atoms with Crippen LogP contribution in [0.4, 0.5) is 5.69 Å². The molecular weight excluding hydrogens is 280 g/mol. The Hall–Kier alpha value is -1.60. The second-order valence-electron chi connectivity index (χ2n) is 4.88. The Morgan fingerprint density at radius 1 is 1.35 bits per heavy atom. The molecule has 1 aromatic carbocycles. The maximum absolute atomic E-state index is 12.3. The highest BCUT2D eigenvalue weighted by atomic mass is 32.2. The van der Waals surface area contributed by atoms with Crippen LogP contribution in [-0.2, 0) is 14.8 Å². The first-order valence-electron chi connectivity index (χ1n) is 6.34. The van der Waals surface area contributed by atoms with Crippen LogP contribution in [-0.4, -0.2) is 51.3 Å². The average molecular weight is 298 g/mol. The number of anilines is 1. The van der Waals surface area contributed by atoms with Crippen molar-refractivity contribution in [3.63, 3.8) is 0 Å². The standard InChI is InChI=1S/C13H18N2O4S/c1-10-9-15(7-8-19-10)13(16)11-3-5-12(6-4-11)14-20(2,17)18/h3-6,10,14H,7-9H2,1-2H3/t10-/m1/s1. The maximum atomic E-state index is 12.3. The molecule has 0 radical (unpaired) electrons. The summed E-state index contributed by atoms with van der Waals surface area (Å²) in [6.45, 7) is 3.62. The van der Waals surface area contributed by atoms with Crippen LogP contribution in [0.25, 0.3) is 0 Å². The molecule has 2 rings (SSSR count). The van der Waals surface area contributed by atoms with Crippen LogP contribution in [0.1, 0.15) is 17.3 Å². The summed E-state index contributed by atoms with van der Waals surface area (Å²) in [7, 11) is -3.30. The predicted octanol–water partition coefficient (Wildman–Crippen LogP) is 0.919. The van der Waals surface area contributed by atoms with E-state index in [1.54, 1.807) is 29.2 Å². The van der Waals surface area contributed by atoms with Gasteiger partial charge in [-0.2, -0.15) is 0 Å². The Morgan fingerprint density at radius 2 is 2.00 bits per heavy atom. The summed E-state index contributed by atoms with van der Waals surface area (Å²) in [5.74, 6) is -0.0638. The van der Waals surface area contributed by atoms with Crippen LogP contribution in [0, 0.1) is 0 Å². The molecule has 0 bridgehead atoms. The van der Waals surface area contributed by atoms with Crippen molar-refractivity contribution < 1.29 is 17.9 Å². The number of carbonyl (C=O) groups excluding carboxylic acids is 1. The van der Waals surface area contributed by atoms with E-state index in [2.05, 4.69) is 4.72 Å². The number of benzene rings is 1. The molecule has 0 spiro atoms. The maximum Gasteiger partial charge on any atom is 0.254 e. The van der Waals surface area contributed by atoms with Crippen molar-refractivity contribution >= 4 is 21.6 Å². The van der Waals surface area contributed by atoms with Crippen LogP contribution >= 0.6 is 0 Å². The number of morpholine rings is 1. The number of hydrogen-bond acceptors (Lipinski definition) is 4. The van der Waals surface area contributed by atoms with Gasteiger partial charge in [-0.1, -0.05) is 0 Å². The lowest BCUT2D eigenvalue weighted by Gasteiger charge is -2.31. The number of hydrogen-bond donors (Lipinski definition) is 1. The first-order valence-corrected chi connectivity index (χ1v) is 8.23. The van der Waals surface area contributed by atoms with E-state index in [4.69, 9.17) is 4.74 Å². The van der Waals surface area contributed by atoms with Crippen LogP contribution in [0.3, 0.4) is 0 Å². The highest BCUT2D eigenvalue weighted by molar-refractivity contribution is 7.92. The zero-order valence-corrected chi connectivity index (χ0v) is 12.3. The summed E-state index contributed by atoms with van der Waals surface area (Å²) in [6, 6.07) is 6.41. The monoisotopic (exact) mass is 298 g/mol. The summed E-state index contributed by atoms with van der Waals surface area (Å²) in [5, 5.41) is 0. The fourth-order valence-corrected chi connectivity index (χ4v) is 2.64. The van der Waals surface area contributed by atoms with Crippen molar-refractivity contribution in [2.24, 2.45) is 0 Å². The second kappa shape index (κ2) is 5.80. The molecule has 1 aromatic rings. The van der Waals surface area contributed by atoms with Crippen molar-refractivity contribution in [2.75, 3.05) is 30.7 Å². The minimum absolute atomic E-state index is 0.0406. The topological polar surface area (TPSA) is 75.7 Å². The van der Waals surface area contributed by atoms with E-state index in [1.807, 2.05) is 6.92 Å². The van der Waals surface area contributed by atoms with Crippen LogP contribution in [0.2, 0.25) is 0 Å². The summed E-state index contributed by atoms with van der Waals surface area (Å²) in [5.41, 5.74) is 0.984. The zero-order chi connectivity index (χ0) is 14.8. The Balaban J connectivity index is 2.07. The highest BCUT2D eigenvalue weighted by Crippen LogP contribution is 2.14. The number of rotatable bonds is 3. The Morgan fingerprint density at radius 3 is 2.55 bits per heavy atom. The summed E-state index contributed by atoms with van der Waals surface area (Å²) < 4.78 is 30.0. The highest BCUT2D eigenvalue weighted by Gasteiger charge is 2.22. The van der Waals surface area contributed by atoms with Crippen molar-refractivity contribution in [3.8, 4) is 0 Å². The largest absolute Gasteiger partial charge is 0.375 e. The van der Waals surface area contributed by atoms with E-state index in [0.717, 1.165) is 6.26 Å². The number of amides is 1. The molecule has 7 heteroatoms. The first-order chi connectivity index (χ1) is 9.35. The zero-order valence-electron chi connectivity index (χ0n) is 11.5. The fraction of sp³-hybridized carbons (Fsp3) is 0.462. The van der Waals surface area contributed by atoms with Gasteiger partial charge in [0.1, 0.15) is 0 Å². The molecule has 1 atom stereocenters. The van der Waals surface area contributed by atoms with E-state index in [0.29, 0.717) is 30.9 Å². The van der Waals surface area contributed by atoms with Crippen molar-refractivity contribution in [3.05, 3.63) is 29.8 Å². The Bertz CT molecular complexity index is 583. The molecule has 6 nitrogen and oxygen atoms in total. The van der Waals surface area contributed by atoms with Gasteiger partial charge in [-0.3, -0.25) is 9.52 Å². The quantitative estimate of drug-likeness (QED) is 0.900. The molecule has 1 amide bonds. The third-order valence-electron chi connectivity index (χ3n) is 2.96. The van der Waals surface area contributed by atoms with E-state index >= 15 is 0 Å². The molecule has 1 heterocycles. The van der Waals surface area contributed by atoms with Crippen LogP contribution in [0.15, 0.2) is 24.3 Å². The second-order valence-corrected chi connectivity index (χ2v) is 6.63. The van der Waals surface area contributed by atoms with Gasteiger partial charge in [0, 0.05) is 24.3 Å². The number of carbonyl (C=O) groups is 1. The van der Waals surface area contributed by atoms with E-state index in [-0.39, 0.29) is 12.0 Å². The van der Waals surface area contributed by atoms with Gasteiger partial charge in [-0.25, -0.2) is 8.42 Å². The number of sulfonamides is 1. The lowest BCUT2D eigenvalue weighted by Crippen LogP contribution is -2.44. The number of nitrogens with one attached hydrogen (secondary N) is 1. The molecular formula is C13H18N2O4S. The smallest absolute Gasteiger partial charge is 0.254 e. The summed E-state index contributed by atoms with van der Waals surface area (Å²) in [6.07, 6.45) is 1.13. The van der Waals surface area contributed by atoms with Gasteiger partial charge in [-0.15, -0.1) is 0 Å². The summed E-state index contributed by atoms with van der Waals surface area (Å²) >= 11 is 0. The van der Waals surface area contributed by atoms with Crippen molar-refractivity contribution in [1.29, 1.82) is 0 Å². The Labute approximate surface area is 118 Å². The molecule has 1 aliphatic heterocycles. The molecule has 20 heavy (non-hydrogen) atoms. The summed E-state index contributed by atoms with van der Waals surface area (Å²) in [4.78, 5) is 14.0. The molecule has 0 saturated carbocycles. The van der Waals surface area contributed by atoms with Crippen LogP contribution in [0.5, 0.6) is 0 Å². The lowest BCUT2D eigenvalue weighted by molar-refractivity contribution is -0.0124. The molecule has 1 saturated heterocycles. The molecule has 1 fully saturated rings. The van der Waals surface area contributed by atoms with Gasteiger partial charge in [0.2, 0.25) is 10.0 Å². The molecule has 110 valence electrons. The van der Waals surface area contributed by atoms with Gasteiger partial charge >= 0.3 is 0 Å². The van der Waals surface area contributed by atoms with Gasteiger partial charge in [-0.05, 0) is 31.2 Å². The van der Waals surface area contributed by atoms with Gasteiger partial charge in [0.15, 0.2) is 0 Å². The lowest BCUT2D eigenvalue weighted by atomic mass is 10.1. The molecule has 0 unspecified atom stereocenters. The third-order valence-corrected chi connectivity index (χ3v) is 3.57. The molecule has 1 N–H and O–H groups in total. The van der Waals surface area contributed by atoms with Gasteiger partial charge < -0.3 is 9.64 Å². The first kappa shape index (κ1) is 14.8. The van der Waals surface area contributed by atoms with Crippen molar-refractivity contribution in [2.45, 2.75) is 13.0 Å². The minimum Gasteiger partial charge on any atom is -0.375 e. The third kappa shape index (κ3) is 3.94. The Kier molecular flexibility index (Phi) is 4.29. The molecule has 0 aromatic heterocycles. The fourth-order valence-electron chi connectivity index (χ4n) is 2.08.